The van der Waals surface area contributed by atoms with Crippen LogP contribution in [0.15, 0.2) is 23.8 Å². The average Bonchev–Trinajstić information content (AvgIpc) is 3.45. The van der Waals surface area contributed by atoms with Crippen LogP contribution in [0.2, 0.25) is 0 Å². The molecule has 0 bridgehead atoms. The molecule has 0 aromatic heterocycles. The van der Waals surface area contributed by atoms with E-state index in [1.165, 1.54) is 24.8 Å². The summed E-state index contributed by atoms with van der Waals surface area (Å²) in [6.07, 6.45) is 18.3. The number of nitrogens with zero attached hydrogens (tertiary/aromatic N) is 1. The highest BCUT2D eigenvalue weighted by atomic mass is 16.3. The minimum atomic E-state index is -0.403. The number of aliphatic hydroxyl groups excluding tert-OH is 2. The third-order valence-electron chi connectivity index (χ3n) is 7.80. The lowest BCUT2D eigenvalue weighted by Crippen LogP contribution is -2.27. The van der Waals surface area contributed by atoms with Crippen LogP contribution in [0.4, 0.5) is 0 Å². The lowest BCUT2D eigenvalue weighted by molar-refractivity contribution is -0.130. The van der Waals surface area contributed by atoms with Crippen molar-refractivity contribution in [3.63, 3.8) is 0 Å². The number of unbranched alkanes of at least 4 members (excludes halogenated alkanes) is 2. The molecule has 4 heteroatoms. The Balaban J connectivity index is 1.38. The first-order chi connectivity index (χ1) is 15.0. The summed E-state index contributed by atoms with van der Waals surface area (Å²) in [6, 6.07) is 0. The molecule has 0 aromatic rings. The lowest BCUT2D eigenvalue weighted by atomic mass is 9.88. The molecule has 4 nitrogen and oxygen atoms in total. The zero-order valence-corrected chi connectivity index (χ0v) is 19.8. The summed E-state index contributed by atoms with van der Waals surface area (Å²) in [7, 11) is 0. The maximum absolute atomic E-state index is 12.2. The molecule has 0 aromatic carbocycles. The van der Waals surface area contributed by atoms with Crippen LogP contribution in [0.5, 0.6) is 0 Å². The number of aliphatic hydroxyl groups is 2. The van der Waals surface area contributed by atoms with Crippen molar-refractivity contribution < 1.29 is 15.0 Å². The molecule has 1 saturated heterocycles. The lowest BCUT2D eigenvalue weighted by Gasteiger charge is -2.19. The molecule has 1 aliphatic heterocycles. The Kier molecular flexibility index (Phi) is 9.65. The number of hydrogen-bond donors (Lipinski definition) is 2. The highest BCUT2D eigenvalue weighted by Crippen LogP contribution is 2.48. The standard InChI is InChI=1S/C27H45NO3/c1-3-4-9-20(2)16-23(29)12-13-24-25-18-21(17-22(25)19-26(24)30)10-5-6-11-27(31)28-14-7-8-15-28/h12-13,17,20,22-26,29-30H,3-11,14-16,18-19H2,1-2H3/t20-,22+,23-,24-,25+,26-/m1/s1. The first-order valence-corrected chi connectivity index (χ1v) is 13.0. The SMILES string of the molecule is CCCC[C@@H](C)C[C@H](O)C=C[C@@H]1[C@H]2CC(CCCCC(=O)N3CCCC3)=C[C@H]2C[C@H]1O. The van der Waals surface area contributed by atoms with Gasteiger partial charge in [0.25, 0.3) is 0 Å². The topological polar surface area (TPSA) is 60.8 Å². The number of allylic oxidation sites excluding steroid dienone is 2. The number of carbonyl (C=O) groups is 1. The average molecular weight is 432 g/mol. The molecule has 1 heterocycles. The van der Waals surface area contributed by atoms with E-state index in [0.717, 1.165) is 64.5 Å². The predicted octanol–water partition coefficient (Wildman–Crippen LogP) is 5.25. The number of carbonyl (C=O) groups excluding carboxylic acids is 1. The van der Waals surface area contributed by atoms with Gasteiger partial charge in [-0.05, 0) is 69.1 Å². The Morgan fingerprint density at radius 1 is 1.26 bits per heavy atom. The second-order valence-corrected chi connectivity index (χ2v) is 10.5. The van der Waals surface area contributed by atoms with E-state index in [1.807, 2.05) is 11.0 Å². The summed E-state index contributed by atoms with van der Waals surface area (Å²) >= 11 is 0. The zero-order valence-electron chi connectivity index (χ0n) is 19.8. The molecule has 176 valence electrons. The van der Waals surface area contributed by atoms with Crippen molar-refractivity contribution in [3.8, 4) is 0 Å². The molecule has 0 unspecified atom stereocenters. The Bertz CT molecular complexity index is 622. The van der Waals surface area contributed by atoms with E-state index in [9.17, 15) is 15.0 Å². The molecule has 3 aliphatic rings. The fourth-order valence-electron chi connectivity index (χ4n) is 5.96. The fraction of sp³-hybridized carbons (Fsp3) is 0.815. The summed E-state index contributed by atoms with van der Waals surface area (Å²) in [5.41, 5.74) is 1.52. The van der Waals surface area contributed by atoms with Crippen LogP contribution < -0.4 is 0 Å². The first kappa shape index (κ1) is 24.5. The van der Waals surface area contributed by atoms with Crippen molar-refractivity contribution >= 4 is 5.91 Å². The molecular formula is C27H45NO3. The minimum absolute atomic E-state index is 0.163. The number of rotatable bonds is 12. The van der Waals surface area contributed by atoms with Gasteiger partial charge in [-0.25, -0.2) is 0 Å². The smallest absolute Gasteiger partial charge is 0.222 e. The molecule has 2 N–H and O–H groups in total. The highest BCUT2D eigenvalue weighted by Gasteiger charge is 2.43. The van der Waals surface area contributed by atoms with Crippen molar-refractivity contribution in [1.82, 2.24) is 4.90 Å². The normalized spacial score (nSPS) is 30.1. The molecule has 2 aliphatic carbocycles. The predicted molar refractivity (Wildman–Crippen MR) is 127 cm³/mol. The van der Waals surface area contributed by atoms with Crippen LogP contribution in [0.25, 0.3) is 0 Å². The Labute approximate surface area is 189 Å². The van der Waals surface area contributed by atoms with Gasteiger partial charge < -0.3 is 15.1 Å². The molecule has 0 spiro atoms. The van der Waals surface area contributed by atoms with Crippen LogP contribution in [-0.2, 0) is 4.79 Å². The number of amides is 1. The van der Waals surface area contributed by atoms with Crippen molar-refractivity contribution in [3.05, 3.63) is 23.8 Å². The van der Waals surface area contributed by atoms with Crippen LogP contribution in [0.1, 0.15) is 90.9 Å². The quantitative estimate of drug-likeness (QED) is 0.328. The number of fused-ring (bicyclic) bond motifs is 1. The van der Waals surface area contributed by atoms with E-state index >= 15 is 0 Å². The Hall–Kier alpha value is -1.13. The maximum atomic E-state index is 12.2. The van der Waals surface area contributed by atoms with Crippen molar-refractivity contribution in [2.24, 2.45) is 23.7 Å². The Morgan fingerprint density at radius 2 is 2.03 bits per heavy atom. The number of hydrogen-bond acceptors (Lipinski definition) is 3. The van der Waals surface area contributed by atoms with E-state index in [2.05, 4.69) is 26.0 Å². The summed E-state index contributed by atoms with van der Waals surface area (Å²) in [4.78, 5) is 14.2. The van der Waals surface area contributed by atoms with Gasteiger partial charge in [-0.1, -0.05) is 56.9 Å². The van der Waals surface area contributed by atoms with E-state index in [-0.39, 0.29) is 12.0 Å². The summed E-state index contributed by atoms with van der Waals surface area (Å²) in [5, 5.41) is 21.0. The van der Waals surface area contributed by atoms with Crippen LogP contribution in [0, 0.1) is 23.7 Å². The molecule has 31 heavy (non-hydrogen) atoms. The van der Waals surface area contributed by atoms with Gasteiger partial charge in [0.05, 0.1) is 12.2 Å². The van der Waals surface area contributed by atoms with E-state index in [1.54, 1.807) is 0 Å². The Morgan fingerprint density at radius 3 is 2.77 bits per heavy atom. The summed E-state index contributed by atoms with van der Waals surface area (Å²) in [6.45, 7) is 6.34. The van der Waals surface area contributed by atoms with Gasteiger partial charge in [-0.15, -0.1) is 0 Å². The summed E-state index contributed by atoms with van der Waals surface area (Å²) in [5.74, 6) is 2.00. The highest BCUT2D eigenvalue weighted by molar-refractivity contribution is 5.76. The minimum Gasteiger partial charge on any atom is -0.392 e. The zero-order chi connectivity index (χ0) is 22.2. The largest absolute Gasteiger partial charge is 0.392 e. The van der Waals surface area contributed by atoms with Crippen LogP contribution >= 0.6 is 0 Å². The van der Waals surface area contributed by atoms with Gasteiger partial charge in [0.1, 0.15) is 0 Å². The summed E-state index contributed by atoms with van der Waals surface area (Å²) < 4.78 is 0. The van der Waals surface area contributed by atoms with E-state index in [4.69, 9.17) is 0 Å². The van der Waals surface area contributed by atoms with Gasteiger partial charge in [-0.2, -0.15) is 0 Å². The van der Waals surface area contributed by atoms with Gasteiger partial charge in [-0.3, -0.25) is 4.79 Å². The molecule has 1 amide bonds. The van der Waals surface area contributed by atoms with Gasteiger partial charge in [0, 0.05) is 25.4 Å². The maximum Gasteiger partial charge on any atom is 0.222 e. The van der Waals surface area contributed by atoms with Crippen molar-refractivity contribution in [2.75, 3.05) is 13.1 Å². The van der Waals surface area contributed by atoms with Gasteiger partial charge in [0.15, 0.2) is 0 Å². The third kappa shape index (κ3) is 7.18. The van der Waals surface area contributed by atoms with Crippen molar-refractivity contribution in [1.29, 1.82) is 0 Å². The second-order valence-electron chi connectivity index (χ2n) is 10.5. The molecule has 1 saturated carbocycles. The number of likely N-dealkylation sites (tertiary alicyclic amines) is 1. The molecule has 0 radical (unpaired) electrons. The monoisotopic (exact) mass is 431 g/mol. The van der Waals surface area contributed by atoms with Crippen LogP contribution in [-0.4, -0.2) is 46.3 Å². The first-order valence-electron chi connectivity index (χ1n) is 13.0. The van der Waals surface area contributed by atoms with E-state index < -0.39 is 6.10 Å². The molecular weight excluding hydrogens is 386 g/mol. The van der Waals surface area contributed by atoms with Gasteiger partial charge in [0.2, 0.25) is 5.91 Å². The van der Waals surface area contributed by atoms with Crippen molar-refractivity contribution in [2.45, 2.75) is 103 Å². The third-order valence-corrected chi connectivity index (χ3v) is 7.80. The van der Waals surface area contributed by atoms with Gasteiger partial charge >= 0.3 is 0 Å². The fourth-order valence-corrected chi connectivity index (χ4v) is 5.96. The van der Waals surface area contributed by atoms with Crippen LogP contribution in [0.3, 0.4) is 0 Å². The molecule has 6 atom stereocenters. The van der Waals surface area contributed by atoms with E-state index in [0.29, 0.717) is 30.1 Å². The molecule has 2 fully saturated rings. The second kappa shape index (κ2) is 12.2. The molecule has 3 rings (SSSR count).